The second-order valence-corrected chi connectivity index (χ2v) is 9.67. The number of fused-ring (bicyclic) bond motifs is 1. The average molecular weight is 520 g/mol. The van der Waals surface area contributed by atoms with Gasteiger partial charge in [0.05, 0.1) is 0 Å². The number of urea groups is 1. The van der Waals surface area contributed by atoms with Crippen LogP contribution in [0.5, 0.6) is 0 Å². The molecule has 16 heteroatoms. The third-order valence-electron chi connectivity index (χ3n) is 5.30. The van der Waals surface area contributed by atoms with Crippen LogP contribution < -0.4 is 22.1 Å². The number of anilines is 1. The first kappa shape index (κ1) is 24.5. The fraction of sp³-hybridized carbons (Fsp3) is 0.316. The second-order valence-electron chi connectivity index (χ2n) is 7.62. The molecule has 4 rings (SSSR count). The minimum atomic E-state index is -1.23. The van der Waals surface area contributed by atoms with E-state index in [-0.39, 0.29) is 11.4 Å². The van der Waals surface area contributed by atoms with Gasteiger partial charge in [0.2, 0.25) is 11.1 Å². The number of nitrogens with two attached hydrogens (primary N) is 2. The van der Waals surface area contributed by atoms with Crippen molar-refractivity contribution in [1.82, 2.24) is 30.4 Å². The zero-order valence-electron chi connectivity index (χ0n) is 18.2. The molecule has 4 amide bonds. The highest BCUT2D eigenvalue weighted by Crippen LogP contribution is 2.41. The SMILES string of the molecule is Cn1nnnc1SCC1=C(C(=O)O)N2C(=O)C(NC(=O)C(N)c3cccc(NC(N)=O)c3)[C@H]2SC1. The summed E-state index contributed by atoms with van der Waals surface area (Å²) < 4.78 is 1.47. The summed E-state index contributed by atoms with van der Waals surface area (Å²) in [6.45, 7) is 0. The van der Waals surface area contributed by atoms with Crippen LogP contribution in [0.25, 0.3) is 0 Å². The zero-order valence-corrected chi connectivity index (χ0v) is 19.9. The molecule has 3 heterocycles. The first-order chi connectivity index (χ1) is 16.7. The number of aromatic nitrogens is 4. The molecule has 0 saturated carbocycles. The molecule has 0 aliphatic carbocycles. The Morgan fingerprint density at radius 1 is 1.37 bits per heavy atom. The maximum atomic E-state index is 12.9. The van der Waals surface area contributed by atoms with Crippen LogP contribution in [0.1, 0.15) is 11.6 Å². The number of hydrogen-bond acceptors (Lipinski definition) is 10. The summed E-state index contributed by atoms with van der Waals surface area (Å²) in [6, 6.07) is 3.48. The Kier molecular flexibility index (Phi) is 6.95. The van der Waals surface area contributed by atoms with Crippen LogP contribution in [-0.4, -0.2) is 76.9 Å². The quantitative estimate of drug-likeness (QED) is 0.216. The molecule has 1 fully saturated rings. The summed E-state index contributed by atoms with van der Waals surface area (Å²) >= 11 is 2.61. The number of carbonyl (C=O) groups excluding carboxylic acids is 3. The number of carbonyl (C=O) groups is 4. The highest BCUT2D eigenvalue weighted by molar-refractivity contribution is 8.01. The van der Waals surface area contributed by atoms with Gasteiger partial charge in [-0.2, -0.15) is 0 Å². The van der Waals surface area contributed by atoms with Gasteiger partial charge in [0.25, 0.3) is 5.91 Å². The topological polar surface area (TPSA) is 211 Å². The number of thioether (sulfide) groups is 2. The van der Waals surface area contributed by atoms with Gasteiger partial charge in [0.15, 0.2) is 0 Å². The van der Waals surface area contributed by atoms with Crippen molar-refractivity contribution in [2.45, 2.75) is 22.6 Å². The van der Waals surface area contributed by atoms with Gasteiger partial charge in [-0.25, -0.2) is 14.3 Å². The minimum absolute atomic E-state index is 0.0959. The fourth-order valence-corrected chi connectivity index (χ4v) is 5.97. The molecule has 0 bridgehead atoms. The Morgan fingerprint density at radius 3 is 2.80 bits per heavy atom. The monoisotopic (exact) mass is 519 g/mol. The van der Waals surface area contributed by atoms with Gasteiger partial charge in [0.1, 0.15) is 23.2 Å². The molecule has 14 nitrogen and oxygen atoms in total. The molecule has 2 aliphatic rings. The largest absolute Gasteiger partial charge is 0.477 e. The normalized spacial score (nSPS) is 20.1. The summed E-state index contributed by atoms with van der Waals surface area (Å²) in [5.74, 6) is -1.73. The van der Waals surface area contributed by atoms with Crippen molar-refractivity contribution in [3.05, 3.63) is 41.1 Å². The maximum Gasteiger partial charge on any atom is 0.352 e. The number of hydrogen-bond donors (Lipinski definition) is 5. The summed E-state index contributed by atoms with van der Waals surface area (Å²) in [4.78, 5) is 49.9. The van der Waals surface area contributed by atoms with Gasteiger partial charge in [-0.15, -0.1) is 16.9 Å². The van der Waals surface area contributed by atoms with Crippen molar-refractivity contribution in [2.24, 2.45) is 18.5 Å². The van der Waals surface area contributed by atoms with Crippen LogP contribution in [0.4, 0.5) is 10.5 Å². The second kappa shape index (κ2) is 9.93. The Morgan fingerprint density at radius 2 is 2.14 bits per heavy atom. The number of rotatable bonds is 8. The first-order valence-electron chi connectivity index (χ1n) is 10.1. The predicted molar refractivity (Wildman–Crippen MR) is 126 cm³/mol. The van der Waals surface area contributed by atoms with E-state index in [1.807, 2.05) is 0 Å². The average Bonchev–Trinajstić information content (AvgIpc) is 3.23. The minimum Gasteiger partial charge on any atom is -0.477 e. The van der Waals surface area contributed by atoms with Crippen LogP contribution in [0.2, 0.25) is 0 Å². The summed E-state index contributed by atoms with van der Waals surface area (Å²) in [6.07, 6.45) is 0. The maximum absolute atomic E-state index is 12.9. The molecule has 2 aliphatic heterocycles. The Labute approximate surface area is 206 Å². The van der Waals surface area contributed by atoms with Gasteiger partial charge in [0, 0.05) is 24.2 Å². The Hall–Kier alpha value is -3.63. The molecular weight excluding hydrogens is 498 g/mol. The van der Waals surface area contributed by atoms with E-state index in [0.717, 1.165) is 0 Å². The lowest BCUT2D eigenvalue weighted by molar-refractivity contribution is -0.150. The molecule has 1 saturated heterocycles. The van der Waals surface area contributed by atoms with E-state index in [2.05, 4.69) is 26.2 Å². The number of amides is 4. The third kappa shape index (κ3) is 4.94. The molecule has 35 heavy (non-hydrogen) atoms. The van der Waals surface area contributed by atoms with Crippen LogP contribution >= 0.6 is 23.5 Å². The fourth-order valence-electron chi connectivity index (χ4n) is 3.64. The number of aryl methyl sites for hydroxylation is 1. The molecule has 0 spiro atoms. The molecule has 184 valence electrons. The van der Waals surface area contributed by atoms with E-state index in [9.17, 15) is 24.3 Å². The highest BCUT2D eigenvalue weighted by Gasteiger charge is 2.54. The molecule has 7 N–H and O–H groups in total. The summed E-state index contributed by atoms with van der Waals surface area (Å²) in [5.41, 5.74) is 12.4. The molecule has 0 radical (unpaired) electrons. The first-order valence-corrected chi connectivity index (χ1v) is 12.2. The van der Waals surface area contributed by atoms with Gasteiger partial charge < -0.3 is 27.2 Å². The molecule has 1 aromatic heterocycles. The van der Waals surface area contributed by atoms with Gasteiger partial charge in [-0.1, -0.05) is 23.9 Å². The van der Waals surface area contributed by atoms with Crippen molar-refractivity contribution in [3.63, 3.8) is 0 Å². The molecule has 3 atom stereocenters. The van der Waals surface area contributed by atoms with Crippen molar-refractivity contribution < 1.29 is 24.3 Å². The lowest BCUT2D eigenvalue weighted by Gasteiger charge is -2.49. The van der Waals surface area contributed by atoms with E-state index >= 15 is 0 Å². The third-order valence-corrected chi connectivity index (χ3v) is 7.74. The Balaban J connectivity index is 1.44. The standard InChI is InChI=1S/C19H21N9O5S2/c1-27-19(24-25-26-27)35-7-9-6-34-16-12(15(30)28(16)13(9)17(31)32)23-14(29)11(20)8-3-2-4-10(5-8)22-18(21)33/h2-5,11-12,16H,6-7,20H2,1H3,(H,23,29)(H,31,32)(H3,21,22,33)/t11?,12?,16-/m1/s1. The number of aliphatic carboxylic acids is 1. The number of β-lactam (4-membered cyclic amide) rings is 1. The van der Waals surface area contributed by atoms with E-state index in [0.29, 0.717) is 27.7 Å². The molecule has 2 unspecified atom stereocenters. The van der Waals surface area contributed by atoms with E-state index in [4.69, 9.17) is 11.5 Å². The lowest BCUT2D eigenvalue weighted by atomic mass is 10.0. The number of carboxylic acid groups (broad SMARTS) is 1. The van der Waals surface area contributed by atoms with Gasteiger partial charge in [-0.05, 0) is 33.7 Å². The number of nitrogens with one attached hydrogen (secondary N) is 2. The smallest absolute Gasteiger partial charge is 0.352 e. The summed E-state index contributed by atoms with van der Waals surface area (Å²) in [7, 11) is 1.67. The zero-order chi connectivity index (χ0) is 25.3. The Bertz CT molecular complexity index is 1230. The van der Waals surface area contributed by atoms with Crippen LogP contribution in [0.3, 0.4) is 0 Å². The highest BCUT2D eigenvalue weighted by atomic mass is 32.2. The van der Waals surface area contributed by atoms with E-state index < -0.39 is 41.3 Å². The molecule has 2 aromatic rings. The number of nitrogens with zero attached hydrogens (tertiary/aromatic N) is 5. The number of benzene rings is 1. The van der Waals surface area contributed by atoms with Crippen molar-refractivity contribution >= 4 is 53.0 Å². The van der Waals surface area contributed by atoms with Crippen LogP contribution in [-0.2, 0) is 21.4 Å². The number of primary amides is 1. The predicted octanol–water partition coefficient (Wildman–Crippen LogP) is -0.769. The molecular formula is C19H21N9O5S2. The summed E-state index contributed by atoms with van der Waals surface area (Å²) in [5, 5.41) is 25.9. The van der Waals surface area contributed by atoms with Crippen molar-refractivity contribution in [2.75, 3.05) is 16.8 Å². The number of tetrazole rings is 1. The number of carboxylic acids is 1. The van der Waals surface area contributed by atoms with Crippen molar-refractivity contribution in [3.8, 4) is 0 Å². The van der Waals surface area contributed by atoms with Crippen molar-refractivity contribution in [1.29, 1.82) is 0 Å². The van der Waals surface area contributed by atoms with Crippen LogP contribution in [0, 0.1) is 0 Å². The van der Waals surface area contributed by atoms with Crippen LogP contribution in [0.15, 0.2) is 40.7 Å². The lowest BCUT2D eigenvalue weighted by Crippen LogP contribution is -2.71. The molecule has 1 aromatic carbocycles. The van der Waals surface area contributed by atoms with Gasteiger partial charge in [-0.3, -0.25) is 14.5 Å². The van der Waals surface area contributed by atoms with Gasteiger partial charge >= 0.3 is 12.0 Å². The van der Waals surface area contributed by atoms with E-state index in [1.54, 1.807) is 25.2 Å². The van der Waals surface area contributed by atoms with E-state index in [1.165, 1.54) is 39.2 Å².